The molecule has 1 aromatic carbocycles. The van der Waals surface area contributed by atoms with Crippen LogP contribution in [0.4, 0.5) is 4.39 Å². The minimum absolute atomic E-state index is 0.126. The summed E-state index contributed by atoms with van der Waals surface area (Å²) in [5.41, 5.74) is 3.38. The number of methoxy groups -OCH3 is 1. The van der Waals surface area contributed by atoms with Crippen LogP contribution in [-0.4, -0.2) is 36.0 Å². The average Bonchev–Trinajstić information content (AvgIpc) is 3.32. The molecule has 3 aromatic heterocycles. The predicted molar refractivity (Wildman–Crippen MR) is 144 cm³/mol. The first-order chi connectivity index (χ1) is 18.1. The molecule has 0 aliphatic heterocycles. The molecule has 0 atom stereocenters. The predicted octanol–water partition coefficient (Wildman–Crippen LogP) is 6.33. The average molecular weight is 520 g/mol. The van der Waals surface area contributed by atoms with Crippen molar-refractivity contribution >= 4 is 27.3 Å². The van der Waals surface area contributed by atoms with Crippen LogP contribution in [-0.2, 0) is 22.5 Å². The number of ether oxygens (including phenoxy) is 2. The number of carbonyl (C=O) groups is 1. The number of thiophene rings is 1. The van der Waals surface area contributed by atoms with Gasteiger partial charge in [0.25, 0.3) is 0 Å². The zero-order chi connectivity index (χ0) is 25.6. The summed E-state index contributed by atoms with van der Waals surface area (Å²) in [7, 11) is 1.68. The Kier molecular flexibility index (Phi) is 8.18. The van der Waals surface area contributed by atoms with Crippen LogP contribution in [0.15, 0.2) is 54.9 Å². The summed E-state index contributed by atoms with van der Waals surface area (Å²) < 4.78 is 26.7. The summed E-state index contributed by atoms with van der Waals surface area (Å²) in [6.45, 7) is 2.17. The van der Waals surface area contributed by atoms with E-state index in [1.807, 2.05) is 24.4 Å². The minimum atomic E-state index is -0.480. The molecular formula is C29H30FN3O3S. The number of Topliss-reactive ketones (excluding diaryl/α,β-unsaturated/α-hetero) is 1. The summed E-state index contributed by atoms with van der Waals surface area (Å²) in [5.74, 6) is 0.866. The number of fused-ring (bicyclic) bond motifs is 1. The standard InChI is InChI=1S/C29H30FN3O3S/c1-35-12-11-31-17-21-5-7-24(33-18-21)28-16-25-29(37-28)27(9-10-32-25)36-26-8-6-20(15-23(26)30)14-22(34)13-19-3-2-4-19/h5-10,15-16,18-19,31H,2-4,11-14,17H2,1H3. The molecule has 6 nitrogen and oxygen atoms in total. The largest absolute Gasteiger partial charge is 0.453 e. The maximum atomic E-state index is 14.9. The van der Waals surface area contributed by atoms with Crippen molar-refractivity contribution in [2.75, 3.05) is 20.3 Å². The van der Waals surface area contributed by atoms with Crippen molar-refractivity contribution in [1.29, 1.82) is 0 Å². The van der Waals surface area contributed by atoms with E-state index >= 15 is 0 Å². The van der Waals surface area contributed by atoms with E-state index in [4.69, 9.17) is 9.47 Å². The highest BCUT2D eigenvalue weighted by molar-refractivity contribution is 7.22. The SMILES string of the molecule is COCCNCc1ccc(-c2cc3nccc(Oc4ccc(CC(=O)CC5CCC5)cc4F)c3s2)nc1. The van der Waals surface area contributed by atoms with Gasteiger partial charge in [0.2, 0.25) is 0 Å². The smallest absolute Gasteiger partial charge is 0.166 e. The maximum Gasteiger partial charge on any atom is 0.166 e. The summed E-state index contributed by atoms with van der Waals surface area (Å²) >= 11 is 1.51. The van der Waals surface area contributed by atoms with E-state index in [0.717, 1.165) is 52.3 Å². The fraction of sp³-hybridized carbons (Fsp3) is 0.345. The molecule has 0 radical (unpaired) electrons. The van der Waals surface area contributed by atoms with Gasteiger partial charge in [-0.3, -0.25) is 14.8 Å². The number of hydrogen-bond acceptors (Lipinski definition) is 7. The van der Waals surface area contributed by atoms with Gasteiger partial charge in [0.05, 0.1) is 27.4 Å². The highest BCUT2D eigenvalue weighted by Gasteiger charge is 2.21. The van der Waals surface area contributed by atoms with E-state index in [1.165, 1.54) is 23.8 Å². The van der Waals surface area contributed by atoms with Crippen LogP contribution in [0.25, 0.3) is 20.8 Å². The van der Waals surface area contributed by atoms with E-state index in [0.29, 0.717) is 30.3 Å². The van der Waals surface area contributed by atoms with E-state index in [9.17, 15) is 9.18 Å². The number of carbonyl (C=O) groups excluding carboxylic acids is 1. The van der Waals surface area contributed by atoms with E-state index in [2.05, 4.69) is 15.3 Å². The Bertz CT molecular complexity index is 1370. The van der Waals surface area contributed by atoms with Crippen LogP contribution < -0.4 is 10.1 Å². The van der Waals surface area contributed by atoms with E-state index in [-0.39, 0.29) is 18.0 Å². The Morgan fingerprint density at radius 1 is 1.11 bits per heavy atom. The highest BCUT2D eigenvalue weighted by atomic mass is 32.1. The van der Waals surface area contributed by atoms with Crippen molar-refractivity contribution in [3.63, 3.8) is 0 Å². The first-order valence-corrected chi connectivity index (χ1v) is 13.4. The summed E-state index contributed by atoms with van der Waals surface area (Å²) in [6.07, 6.45) is 7.84. The fourth-order valence-corrected chi connectivity index (χ4v) is 5.42. The van der Waals surface area contributed by atoms with Gasteiger partial charge in [0.15, 0.2) is 11.6 Å². The summed E-state index contributed by atoms with van der Waals surface area (Å²) in [6, 6.07) is 12.5. The molecular weight excluding hydrogens is 489 g/mol. The molecule has 3 heterocycles. The van der Waals surface area contributed by atoms with Gasteiger partial charge in [-0.25, -0.2) is 4.39 Å². The Morgan fingerprint density at radius 2 is 1.97 bits per heavy atom. The van der Waals surface area contributed by atoms with Crippen molar-refractivity contribution in [1.82, 2.24) is 15.3 Å². The van der Waals surface area contributed by atoms with Crippen LogP contribution in [0.2, 0.25) is 0 Å². The molecule has 0 saturated heterocycles. The lowest BCUT2D eigenvalue weighted by atomic mass is 9.81. The monoisotopic (exact) mass is 519 g/mol. The second-order valence-corrected chi connectivity index (χ2v) is 10.5. The van der Waals surface area contributed by atoms with Crippen molar-refractivity contribution in [2.24, 2.45) is 5.92 Å². The maximum absolute atomic E-state index is 14.9. The number of benzene rings is 1. The number of halogens is 1. The van der Waals surface area contributed by atoms with Crippen molar-refractivity contribution in [3.05, 3.63) is 71.8 Å². The van der Waals surface area contributed by atoms with Gasteiger partial charge in [-0.05, 0) is 41.3 Å². The molecule has 0 bridgehead atoms. The molecule has 0 unspecified atom stereocenters. The van der Waals surface area contributed by atoms with Gasteiger partial charge >= 0.3 is 0 Å². The van der Waals surface area contributed by atoms with E-state index in [1.54, 1.807) is 31.5 Å². The summed E-state index contributed by atoms with van der Waals surface area (Å²) in [5, 5.41) is 3.31. The molecule has 1 fully saturated rings. The second kappa shape index (κ2) is 11.9. The molecule has 0 spiro atoms. The lowest BCUT2D eigenvalue weighted by molar-refractivity contribution is -0.119. The molecule has 1 aliphatic carbocycles. The van der Waals surface area contributed by atoms with Gasteiger partial charge in [-0.15, -0.1) is 11.3 Å². The lowest BCUT2D eigenvalue weighted by Crippen LogP contribution is -2.18. The molecule has 1 aliphatic rings. The molecule has 37 heavy (non-hydrogen) atoms. The third-order valence-corrected chi connectivity index (χ3v) is 7.79. The minimum Gasteiger partial charge on any atom is -0.453 e. The van der Waals surface area contributed by atoms with E-state index < -0.39 is 5.82 Å². The Balaban J connectivity index is 1.27. The Morgan fingerprint density at radius 3 is 2.70 bits per heavy atom. The third-order valence-electron chi connectivity index (χ3n) is 6.62. The lowest BCUT2D eigenvalue weighted by Gasteiger charge is -2.24. The summed E-state index contributed by atoms with van der Waals surface area (Å²) in [4.78, 5) is 22.3. The van der Waals surface area contributed by atoms with Gasteiger partial charge in [0, 0.05) is 51.5 Å². The molecule has 4 aromatic rings. The number of rotatable bonds is 12. The molecule has 1 N–H and O–H groups in total. The van der Waals surface area contributed by atoms with Crippen LogP contribution >= 0.6 is 11.3 Å². The van der Waals surface area contributed by atoms with Crippen LogP contribution in [0.5, 0.6) is 11.5 Å². The normalized spacial score (nSPS) is 13.6. The van der Waals surface area contributed by atoms with Gasteiger partial charge in [0.1, 0.15) is 11.5 Å². The van der Waals surface area contributed by atoms with Crippen LogP contribution in [0, 0.1) is 11.7 Å². The molecule has 8 heteroatoms. The topological polar surface area (TPSA) is 73.3 Å². The van der Waals surface area contributed by atoms with Crippen molar-refractivity contribution in [2.45, 2.75) is 38.6 Å². The number of nitrogens with one attached hydrogen (secondary N) is 1. The number of pyridine rings is 2. The quantitative estimate of drug-likeness (QED) is 0.221. The number of hydrogen-bond donors (Lipinski definition) is 1. The van der Waals surface area contributed by atoms with Gasteiger partial charge in [-0.1, -0.05) is 31.4 Å². The fourth-order valence-electron chi connectivity index (χ4n) is 4.38. The zero-order valence-corrected chi connectivity index (χ0v) is 21.7. The van der Waals surface area contributed by atoms with Crippen molar-refractivity contribution in [3.8, 4) is 22.1 Å². The highest BCUT2D eigenvalue weighted by Crippen LogP contribution is 2.39. The van der Waals surface area contributed by atoms with Crippen LogP contribution in [0.3, 0.4) is 0 Å². The third kappa shape index (κ3) is 6.39. The molecule has 0 amide bonds. The van der Waals surface area contributed by atoms with Gasteiger partial charge in [-0.2, -0.15) is 0 Å². The van der Waals surface area contributed by atoms with Gasteiger partial charge < -0.3 is 14.8 Å². The Labute approximate surface area is 219 Å². The number of aromatic nitrogens is 2. The number of nitrogens with zero attached hydrogens (tertiary/aromatic N) is 2. The Hall–Kier alpha value is -3.20. The molecule has 1 saturated carbocycles. The first-order valence-electron chi connectivity index (χ1n) is 12.6. The first kappa shape index (κ1) is 25.4. The van der Waals surface area contributed by atoms with Crippen LogP contribution in [0.1, 0.15) is 36.8 Å². The second-order valence-electron chi connectivity index (χ2n) is 9.44. The van der Waals surface area contributed by atoms with Crippen molar-refractivity contribution < 1.29 is 18.7 Å². The molecule has 5 rings (SSSR count). The zero-order valence-electron chi connectivity index (χ0n) is 20.8. The number of ketones is 1. The molecule has 192 valence electrons.